The minimum absolute atomic E-state index is 0.0294. The first-order valence-electron chi connectivity index (χ1n) is 7.68. The first-order valence-corrected chi connectivity index (χ1v) is 7.68. The number of nitrogens with two attached hydrogens (primary N) is 1. The summed E-state index contributed by atoms with van der Waals surface area (Å²) in [5, 5.41) is 0. The fraction of sp³-hybridized carbons (Fsp3) is 0.250. The minimum atomic E-state index is -5.03. The SMILES string of the molecule is CCOC(=O)c1cc(-n2c(=O)cc(C(F)(F)F)n(N)c2=O)ccc1OC(C)=O. The number of ether oxygens (including phenoxy) is 2. The summed E-state index contributed by atoms with van der Waals surface area (Å²) in [6.45, 7) is 2.56. The summed E-state index contributed by atoms with van der Waals surface area (Å²) in [6.07, 6.45) is -5.03. The van der Waals surface area contributed by atoms with Crippen molar-refractivity contribution in [3.63, 3.8) is 0 Å². The van der Waals surface area contributed by atoms with Crippen LogP contribution in [0.25, 0.3) is 5.69 Å². The molecule has 0 spiro atoms. The Kier molecular flexibility index (Phi) is 5.62. The van der Waals surface area contributed by atoms with Crippen LogP contribution >= 0.6 is 0 Å². The number of nitrogen functional groups attached to an aromatic ring is 1. The van der Waals surface area contributed by atoms with Crippen LogP contribution in [0.1, 0.15) is 29.9 Å². The molecule has 0 aliphatic carbocycles. The van der Waals surface area contributed by atoms with Gasteiger partial charge in [-0.15, -0.1) is 0 Å². The third-order valence-electron chi connectivity index (χ3n) is 3.40. The van der Waals surface area contributed by atoms with E-state index in [-0.39, 0.29) is 34.3 Å². The Morgan fingerprint density at radius 1 is 1.18 bits per heavy atom. The van der Waals surface area contributed by atoms with Crippen LogP contribution < -0.4 is 21.8 Å². The number of halogens is 3. The smallest absolute Gasteiger partial charge is 0.433 e. The van der Waals surface area contributed by atoms with E-state index in [0.29, 0.717) is 4.57 Å². The Labute approximate surface area is 154 Å². The highest BCUT2D eigenvalue weighted by Crippen LogP contribution is 2.27. The summed E-state index contributed by atoms with van der Waals surface area (Å²) in [6, 6.07) is 3.29. The summed E-state index contributed by atoms with van der Waals surface area (Å²) in [5.41, 5.74) is -5.05. The van der Waals surface area contributed by atoms with Crippen LogP contribution in [0.2, 0.25) is 0 Å². The maximum Gasteiger partial charge on any atom is 0.433 e. The van der Waals surface area contributed by atoms with Crippen LogP contribution in [0.3, 0.4) is 0 Å². The molecule has 9 nitrogen and oxygen atoms in total. The van der Waals surface area contributed by atoms with Gasteiger partial charge in [0.1, 0.15) is 11.3 Å². The van der Waals surface area contributed by atoms with Gasteiger partial charge in [-0.05, 0) is 25.1 Å². The average Bonchev–Trinajstić information content (AvgIpc) is 2.58. The lowest BCUT2D eigenvalue weighted by atomic mass is 10.1. The molecule has 1 aromatic carbocycles. The van der Waals surface area contributed by atoms with Crippen LogP contribution in [0, 0.1) is 0 Å². The van der Waals surface area contributed by atoms with Gasteiger partial charge < -0.3 is 15.3 Å². The summed E-state index contributed by atoms with van der Waals surface area (Å²) in [7, 11) is 0. The minimum Gasteiger partial charge on any atom is -0.462 e. The number of hydrogen-bond acceptors (Lipinski definition) is 7. The molecule has 0 bridgehead atoms. The molecular formula is C16H14F3N3O6. The summed E-state index contributed by atoms with van der Waals surface area (Å²) in [4.78, 5) is 47.6. The van der Waals surface area contributed by atoms with Crippen molar-refractivity contribution in [1.82, 2.24) is 9.24 Å². The normalized spacial score (nSPS) is 11.2. The van der Waals surface area contributed by atoms with Crippen molar-refractivity contribution in [3.8, 4) is 11.4 Å². The van der Waals surface area contributed by atoms with E-state index in [1.807, 2.05) is 0 Å². The first kappa shape index (κ1) is 20.7. The van der Waals surface area contributed by atoms with Gasteiger partial charge in [-0.3, -0.25) is 9.59 Å². The second-order valence-corrected chi connectivity index (χ2v) is 5.35. The van der Waals surface area contributed by atoms with E-state index in [0.717, 1.165) is 25.1 Å². The van der Waals surface area contributed by atoms with Crippen molar-refractivity contribution >= 4 is 11.9 Å². The van der Waals surface area contributed by atoms with Gasteiger partial charge in [-0.25, -0.2) is 18.8 Å². The lowest BCUT2D eigenvalue weighted by molar-refractivity contribution is -0.143. The second kappa shape index (κ2) is 7.58. The van der Waals surface area contributed by atoms with E-state index < -0.39 is 35.1 Å². The largest absolute Gasteiger partial charge is 0.462 e. The number of aromatic nitrogens is 2. The molecule has 2 rings (SSSR count). The molecule has 1 heterocycles. The second-order valence-electron chi connectivity index (χ2n) is 5.35. The molecule has 0 aliphatic heterocycles. The van der Waals surface area contributed by atoms with Crippen LogP contribution in [-0.2, 0) is 15.7 Å². The van der Waals surface area contributed by atoms with E-state index in [2.05, 4.69) is 0 Å². The molecule has 0 saturated carbocycles. The van der Waals surface area contributed by atoms with Crippen LogP contribution in [-0.4, -0.2) is 27.8 Å². The zero-order chi connectivity index (χ0) is 21.2. The standard InChI is InChI=1S/C16H14F3N3O6/c1-3-27-14(25)10-6-9(4-5-11(10)28-8(2)23)21-13(24)7-12(16(17,18)19)22(20)15(21)26/h4-7H,3,20H2,1-2H3. The first-order chi connectivity index (χ1) is 13.0. The zero-order valence-corrected chi connectivity index (χ0v) is 14.6. The molecule has 0 fully saturated rings. The van der Waals surface area contributed by atoms with Gasteiger partial charge in [0.15, 0.2) is 5.69 Å². The Morgan fingerprint density at radius 2 is 1.82 bits per heavy atom. The van der Waals surface area contributed by atoms with Gasteiger partial charge >= 0.3 is 23.8 Å². The molecule has 0 atom stereocenters. The molecule has 150 valence electrons. The van der Waals surface area contributed by atoms with E-state index in [9.17, 15) is 32.3 Å². The highest BCUT2D eigenvalue weighted by molar-refractivity contribution is 5.94. The zero-order valence-electron chi connectivity index (χ0n) is 14.6. The van der Waals surface area contributed by atoms with E-state index >= 15 is 0 Å². The molecule has 12 heteroatoms. The Hall–Kier alpha value is -3.57. The van der Waals surface area contributed by atoms with E-state index in [1.165, 1.54) is 6.92 Å². The van der Waals surface area contributed by atoms with Gasteiger partial charge in [0.25, 0.3) is 5.56 Å². The molecule has 0 saturated heterocycles. The molecule has 0 aliphatic rings. The summed E-state index contributed by atoms with van der Waals surface area (Å²) >= 11 is 0. The third kappa shape index (κ3) is 4.05. The van der Waals surface area contributed by atoms with Crippen molar-refractivity contribution in [1.29, 1.82) is 0 Å². The molecule has 28 heavy (non-hydrogen) atoms. The van der Waals surface area contributed by atoms with Crippen molar-refractivity contribution < 1.29 is 32.2 Å². The molecule has 1 aromatic heterocycles. The molecule has 0 radical (unpaired) electrons. The number of rotatable bonds is 4. The van der Waals surface area contributed by atoms with Crippen LogP contribution in [0.5, 0.6) is 5.75 Å². The number of carbonyl (C=O) groups is 2. The number of nitrogens with zero attached hydrogens (tertiary/aromatic N) is 2. The molecule has 2 N–H and O–H groups in total. The number of benzene rings is 1. The summed E-state index contributed by atoms with van der Waals surface area (Å²) < 4.78 is 48.4. The maximum absolute atomic E-state index is 12.9. The van der Waals surface area contributed by atoms with Crippen LogP contribution in [0.15, 0.2) is 33.9 Å². The highest BCUT2D eigenvalue weighted by Gasteiger charge is 2.35. The fourth-order valence-corrected chi connectivity index (χ4v) is 2.28. The number of esters is 2. The lowest BCUT2D eigenvalue weighted by Gasteiger charge is -2.15. The van der Waals surface area contributed by atoms with Gasteiger partial charge in [0.2, 0.25) is 0 Å². The van der Waals surface area contributed by atoms with Gasteiger partial charge in [-0.1, -0.05) is 0 Å². The Morgan fingerprint density at radius 3 is 2.36 bits per heavy atom. The fourth-order valence-electron chi connectivity index (χ4n) is 2.28. The quantitative estimate of drug-likeness (QED) is 0.457. The molecule has 2 aromatic rings. The van der Waals surface area contributed by atoms with Crippen LogP contribution in [0.4, 0.5) is 13.2 Å². The molecular weight excluding hydrogens is 387 g/mol. The Bertz CT molecular complexity index is 1060. The topological polar surface area (TPSA) is 123 Å². The van der Waals surface area contributed by atoms with Gasteiger partial charge in [0, 0.05) is 13.0 Å². The molecule has 0 unspecified atom stereocenters. The van der Waals surface area contributed by atoms with Crippen molar-refractivity contribution in [3.05, 3.63) is 56.4 Å². The maximum atomic E-state index is 12.9. The van der Waals surface area contributed by atoms with Gasteiger partial charge in [0.05, 0.1) is 12.3 Å². The van der Waals surface area contributed by atoms with Gasteiger partial charge in [-0.2, -0.15) is 13.2 Å². The van der Waals surface area contributed by atoms with E-state index in [1.54, 1.807) is 0 Å². The van der Waals surface area contributed by atoms with E-state index in [4.69, 9.17) is 15.3 Å². The van der Waals surface area contributed by atoms with Crippen molar-refractivity contribution in [2.45, 2.75) is 20.0 Å². The van der Waals surface area contributed by atoms with Crippen molar-refractivity contribution in [2.75, 3.05) is 12.4 Å². The van der Waals surface area contributed by atoms with Crippen molar-refractivity contribution in [2.24, 2.45) is 0 Å². The number of alkyl halides is 3. The monoisotopic (exact) mass is 401 g/mol. The Balaban J connectivity index is 2.72. The lowest BCUT2D eigenvalue weighted by Crippen LogP contribution is -2.45. The summed E-state index contributed by atoms with van der Waals surface area (Å²) in [5.74, 6) is 3.27. The average molecular weight is 401 g/mol. The highest BCUT2D eigenvalue weighted by atomic mass is 19.4. The predicted octanol–water partition coefficient (Wildman–Crippen LogP) is 0.834. The molecule has 0 amide bonds. The predicted molar refractivity (Wildman–Crippen MR) is 88.7 cm³/mol. The number of hydrogen-bond donors (Lipinski definition) is 1. The number of carbonyl (C=O) groups excluding carboxylic acids is 2. The third-order valence-corrected chi connectivity index (χ3v) is 3.40.